The number of nitrogens with zero attached hydrogens (tertiary/aromatic N) is 2. The quantitative estimate of drug-likeness (QED) is 0.197. The summed E-state index contributed by atoms with van der Waals surface area (Å²) in [6.07, 6.45) is 0. The molecule has 0 radical (unpaired) electrons. The number of hydrogen-bond donors (Lipinski definition) is 1. The maximum absolute atomic E-state index is 13.6. The van der Waals surface area contributed by atoms with Gasteiger partial charge in [0, 0.05) is 31.9 Å². The Kier molecular flexibility index (Phi) is 8.52. The summed E-state index contributed by atoms with van der Waals surface area (Å²) in [5.41, 5.74) is 4.83. The van der Waals surface area contributed by atoms with Crippen molar-refractivity contribution in [2.75, 3.05) is 32.7 Å². The van der Waals surface area contributed by atoms with Crippen molar-refractivity contribution in [3.8, 4) is 11.5 Å². The van der Waals surface area contributed by atoms with Crippen molar-refractivity contribution in [1.29, 1.82) is 0 Å². The van der Waals surface area contributed by atoms with E-state index in [0.29, 0.717) is 12.2 Å². The summed E-state index contributed by atoms with van der Waals surface area (Å²) in [7, 11) is 5.52. The van der Waals surface area contributed by atoms with Gasteiger partial charge in [0.2, 0.25) is 0 Å². The minimum atomic E-state index is -0.758. The molecule has 3 aromatic carbocycles. The number of carbonyl (C=O) groups is 2. The number of ketones is 1. The third-order valence-electron chi connectivity index (χ3n) is 7.31. The van der Waals surface area contributed by atoms with Crippen molar-refractivity contribution >= 4 is 23.1 Å². The lowest BCUT2D eigenvalue weighted by atomic mass is 9.91. The Morgan fingerprint density at radius 1 is 1.02 bits per heavy atom. The van der Waals surface area contributed by atoms with Crippen molar-refractivity contribution in [2.24, 2.45) is 0 Å². The second kappa shape index (κ2) is 11.9. The predicted octanol–water partition coefficient (Wildman–Crippen LogP) is 6.21. The highest BCUT2D eigenvalue weighted by Crippen LogP contribution is 2.42. The standard InChI is InChI=1S/C33H38N2O5/c1-8-40-25-15-9-22(10-16-25)19-35-30(23-11-13-24(14-12-23)34(5)6)29(32(37)33(35)38)31(36)27-18-26(20(2)3)28(39-7)17-21(27)4/h9-18,20,30,36H,8,19H2,1-7H3/b31-29+. The van der Waals surface area contributed by atoms with Crippen LogP contribution in [0.3, 0.4) is 0 Å². The largest absolute Gasteiger partial charge is 0.507 e. The van der Waals surface area contributed by atoms with Crippen LogP contribution in [0.5, 0.6) is 11.5 Å². The number of amides is 1. The first-order valence-corrected chi connectivity index (χ1v) is 13.5. The summed E-state index contributed by atoms with van der Waals surface area (Å²) in [5, 5.41) is 11.7. The molecule has 0 bridgehead atoms. The summed E-state index contributed by atoms with van der Waals surface area (Å²) in [5.74, 6) is 0.0459. The highest BCUT2D eigenvalue weighted by atomic mass is 16.5. The second-order valence-electron chi connectivity index (χ2n) is 10.6. The number of carbonyl (C=O) groups excluding carboxylic acids is 2. The summed E-state index contributed by atoms with van der Waals surface area (Å²) in [6.45, 7) is 8.62. The van der Waals surface area contributed by atoms with Crippen molar-refractivity contribution < 1.29 is 24.2 Å². The zero-order valence-corrected chi connectivity index (χ0v) is 24.3. The van der Waals surface area contributed by atoms with Crippen molar-refractivity contribution in [3.05, 3.63) is 94.1 Å². The number of aliphatic hydroxyl groups excluding tert-OH is 1. The van der Waals surface area contributed by atoms with Gasteiger partial charge in [-0.25, -0.2) is 0 Å². The van der Waals surface area contributed by atoms with E-state index in [1.54, 1.807) is 7.11 Å². The van der Waals surface area contributed by atoms with Gasteiger partial charge in [0.25, 0.3) is 11.7 Å². The number of Topliss-reactive ketones (excluding diaryl/α,β-unsaturated/α-hetero) is 1. The highest BCUT2D eigenvalue weighted by Gasteiger charge is 2.46. The molecule has 1 unspecified atom stereocenters. The number of rotatable bonds is 9. The van der Waals surface area contributed by atoms with Crippen LogP contribution in [0.15, 0.2) is 66.2 Å². The fourth-order valence-electron chi connectivity index (χ4n) is 5.13. The van der Waals surface area contributed by atoms with E-state index in [1.165, 1.54) is 4.90 Å². The molecule has 4 rings (SSSR count). The first-order chi connectivity index (χ1) is 19.1. The highest BCUT2D eigenvalue weighted by molar-refractivity contribution is 6.46. The average molecular weight is 543 g/mol. The molecule has 0 aliphatic carbocycles. The van der Waals surface area contributed by atoms with Gasteiger partial charge in [0.1, 0.15) is 17.3 Å². The van der Waals surface area contributed by atoms with Gasteiger partial charge >= 0.3 is 0 Å². The molecule has 1 amide bonds. The van der Waals surface area contributed by atoms with Gasteiger partial charge in [-0.2, -0.15) is 0 Å². The minimum Gasteiger partial charge on any atom is -0.507 e. The van der Waals surface area contributed by atoms with Gasteiger partial charge in [-0.15, -0.1) is 0 Å². The predicted molar refractivity (Wildman–Crippen MR) is 158 cm³/mol. The monoisotopic (exact) mass is 542 g/mol. The molecule has 1 N–H and O–H groups in total. The Labute approximate surface area is 236 Å². The van der Waals surface area contributed by atoms with Crippen LogP contribution in [0.4, 0.5) is 5.69 Å². The van der Waals surface area contributed by atoms with Crippen LogP contribution in [0.1, 0.15) is 60.5 Å². The molecule has 3 aromatic rings. The molecule has 1 heterocycles. The Morgan fingerprint density at radius 3 is 2.23 bits per heavy atom. The zero-order chi connectivity index (χ0) is 29.1. The molecular weight excluding hydrogens is 504 g/mol. The zero-order valence-electron chi connectivity index (χ0n) is 24.3. The van der Waals surface area contributed by atoms with Gasteiger partial charge in [-0.3, -0.25) is 9.59 Å². The van der Waals surface area contributed by atoms with Gasteiger partial charge in [-0.05, 0) is 78.4 Å². The number of ether oxygens (including phenoxy) is 2. The van der Waals surface area contributed by atoms with E-state index < -0.39 is 17.7 Å². The molecule has 0 saturated carbocycles. The number of benzene rings is 3. The van der Waals surface area contributed by atoms with Gasteiger partial charge < -0.3 is 24.4 Å². The molecule has 7 heteroatoms. The van der Waals surface area contributed by atoms with E-state index in [9.17, 15) is 14.7 Å². The SMILES string of the molecule is CCOc1ccc(CN2C(=O)C(=O)/C(=C(/O)c3cc(C(C)C)c(OC)cc3C)C2c2ccc(N(C)C)cc2)cc1. The van der Waals surface area contributed by atoms with Crippen molar-refractivity contribution in [3.63, 3.8) is 0 Å². The third kappa shape index (κ3) is 5.55. The minimum absolute atomic E-state index is 0.0801. The molecule has 40 heavy (non-hydrogen) atoms. The van der Waals surface area contributed by atoms with Gasteiger partial charge in [-0.1, -0.05) is 38.1 Å². The van der Waals surface area contributed by atoms with Crippen LogP contribution in [-0.4, -0.2) is 49.5 Å². The fourth-order valence-corrected chi connectivity index (χ4v) is 5.13. The molecular formula is C33H38N2O5. The molecule has 7 nitrogen and oxygen atoms in total. The number of methoxy groups -OCH3 is 1. The molecule has 1 aliphatic rings. The van der Waals surface area contributed by atoms with Crippen LogP contribution in [0.2, 0.25) is 0 Å². The maximum Gasteiger partial charge on any atom is 0.295 e. The Bertz CT molecular complexity index is 1420. The average Bonchev–Trinajstić information content (AvgIpc) is 3.18. The van der Waals surface area contributed by atoms with E-state index in [2.05, 4.69) is 0 Å². The summed E-state index contributed by atoms with van der Waals surface area (Å²) < 4.78 is 11.1. The van der Waals surface area contributed by atoms with Crippen LogP contribution >= 0.6 is 0 Å². The van der Waals surface area contributed by atoms with E-state index in [4.69, 9.17) is 9.47 Å². The van der Waals surface area contributed by atoms with E-state index in [1.807, 2.05) is 107 Å². The van der Waals surface area contributed by atoms with Crippen LogP contribution < -0.4 is 14.4 Å². The summed E-state index contributed by atoms with van der Waals surface area (Å²) >= 11 is 0. The molecule has 0 aromatic heterocycles. The first kappa shape index (κ1) is 28.7. The Morgan fingerprint density at radius 2 is 1.68 bits per heavy atom. The normalized spacial score (nSPS) is 16.5. The fraction of sp³-hybridized carbons (Fsp3) is 0.333. The lowest BCUT2D eigenvalue weighted by Gasteiger charge is -2.26. The Hall–Kier alpha value is -4.26. The van der Waals surface area contributed by atoms with Gasteiger partial charge in [0.15, 0.2) is 0 Å². The van der Waals surface area contributed by atoms with Gasteiger partial charge in [0.05, 0.1) is 25.3 Å². The lowest BCUT2D eigenvalue weighted by molar-refractivity contribution is -0.140. The molecule has 0 spiro atoms. The van der Waals surface area contributed by atoms with Crippen LogP contribution in [-0.2, 0) is 16.1 Å². The maximum atomic E-state index is 13.6. The van der Waals surface area contributed by atoms with Crippen molar-refractivity contribution in [2.45, 2.75) is 46.2 Å². The van der Waals surface area contributed by atoms with Crippen LogP contribution in [0.25, 0.3) is 5.76 Å². The molecule has 1 fully saturated rings. The summed E-state index contributed by atoms with van der Waals surface area (Å²) in [4.78, 5) is 30.7. The number of hydrogen-bond acceptors (Lipinski definition) is 6. The molecule has 1 atom stereocenters. The number of aryl methyl sites for hydroxylation is 1. The number of aliphatic hydroxyl groups is 1. The molecule has 1 aliphatic heterocycles. The number of likely N-dealkylation sites (tertiary alicyclic amines) is 1. The third-order valence-corrected chi connectivity index (χ3v) is 7.31. The summed E-state index contributed by atoms with van der Waals surface area (Å²) in [6, 6.07) is 18.2. The number of anilines is 1. The topological polar surface area (TPSA) is 79.3 Å². The van der Waals surface area contributed by atoms with Crippen LogP contribution in [0, 0.1) is 6.92 Å². The molecule has 1 saturated heterocycles. The van der Waals surface area contributed by atoms with Crippen molar-refractivity contribution in [1.82, 2.24) is 4.90 Å². The van der Waals surface area contributed by atoms with E-state index in [-0.39, 0.29) is 23.8 Å². The second-order valence-corrected chi connectivity index (χ2v) is 10.6. The molecule has 210 valence electrons. The lowest BCUT2D eigenvalue weighted by Crippen LogP contribution is -2.29. The van der Waals surface area contributed by atoms with E-state index in [0.717, 1.165) is 39.4 Å². The smallest absolute Gasteiger partial charge is 0.295 e. The van der Waals surface area contributed by atoms with E-state index >= 15 is 0 Å². The first-order valence-electron chi connectivity index (χ1n) is 13.5. The Balaban J connectivity index is 1.87.